The number of hydrogen-bond donors (Lipinski definition) is 2. The number of aryl methyl sites for hydroxylation is 1. The molecule has 0 aliphatic carbocycles. The van der Waals surface area contributed by atoms with Crippen LogP contribution in [0.1, 0.15) is 18.1 Å². The van der Waals surface area contributed by atoms with E-state index < -0.39 is 23.4 Å². The van der Waals surface area contributed by atoms with Crippen LogP contribution in [0.15, 0.2) is 48.5 Å². The average Bonchev–Trinajstić information content (AvgIpc) is 2.83. The molecule has 6 nitrogen and oxygen atoms in total. The number of nitrogens with zero attached hydrogens (tertiary/aromatic N) is 1. The van der Waals surface area contributed by atoms with Crippen molar-refractivity contribution in [1.82, 2.24) is 10.2 Å². The summed E-state index contributed by atoms with van der Waals surface area (Å²) in [6, 6.07) is 13.4. The largest absolute Gasteiger partial charge is 0.325 e. The molecule has 3 rings (SSSR count). The predicted octanol–water partition coefficient (Wildman–Crippen LogP) is 3.05. The van der Waals surface area contributed by atoms with Crippen molar-refractivity contribution in [3.05, 3.63) is 64.7 Å². The zero-order chi connectivity index (χ0) is 18.9. The number of urea groups is 1. The van der Waals surface area contributed by atoms with Crippen LogP contribution in [-0.4, -0.2) is 29.3 Å². The second-order valence-electron chi connectivity index (χ2n) is 6.32. The molecule has 1 aliphatic heterocycles. The van der Waals surface area contributed by atoms with Gasteiger partial charge in [-0.1, -0.05) is 48.0 Å². The summed E-state index contributed by atoms with van der Waals surface area (Å²) >= 11 is 5.94. The van der Waals surface area contributed by atoms with E-state index in [2.05, 4.69) is 10.6 Å². The third-order valence-electron chi connectivity index (χ3n) is 4.40. The summed E-state index contributed by atoms with van der Waals surface area (Å²) in [4.78, 5) is 38.3. The lowest BCUT2D eigenvalue weighted by molar-refractivity contribution is -0.133. The summed E-state index contributed by atoms with van der Waals surface area (Å²) in [5.41, 5.74) is 0.839. The fourth-order valence-corrected chi connectivity index (χ4v) is 3.04. The van der Waals surface area contributed by atoms with Gasteiger partial charge in [0.1, 0.15) is 12.1 Å². The van der Waals surface area contributed by atoms with Crippen molar-refractivity contribution in [2.75, 3.05) is 11.9 Å². The predicted molar refractivity (Wildman–Crippen MR) is 98.9 cm³/mol. The highest BCUT2D eigenvalue weighted by atomic mass is 35.5. The first kappa shape index (κ1) is 17.9. The highest BCUT2D eigenvalue weighted by Crippen LogP contribution is 2.28. The molecule has 0 radical (unpaired) electrons. The lowest BCUT2D eigenvalue weighted by Gasteiger charge is -2.22. The Morgan fingerprint density at radius 1 is 1.19 bits per heavy atom. The van der Waals surface area contributed by atoms with Gasteiger partial charge in [0.15, 0.2) is 0 Å². The van der Waals surface area contributed by atoms with E-state index in [4.69, 9.17) is 11.6 Å². The third-order valence-corrected chi connectivity index (χ3v) is 4.64. The van der Waals surface area contributed by atoms with E-state index in [9.17, 15) is 14.4 Å². The number of hydrogen-bond acceptors (Lipinski definition) is 3. The molecule has 2 aromatic carbocycles. The van der Waals surface area contributed by atoms with E-state index in [1.54, 1.807) is 49.4 Å². The number of anilines is 1. The second-order valence-corrected chi connectivity index (χ2v) is 6.76. The van der Waals surface area contributed by atoms with Gasteiger partial charge in [0.2, 0.25) is 5.91 Å². The molecule has 1 aliphatic rings. The van der Waals surface area contributed by atoms with Crippen molar-refractivity contribution in [1.29, 1.82) is 0 Å². The molecule has 7 heteroatoms. The van der Waals surface area contributed by atoms with Crippen molar-refractivity contribution in [2.45, 2.75) is 19.4 Å². The number of nitrogens with one attached hydrogen (secondary N) is 2. The minimum Gasteiger partial charge on any atom is -0.324 e. The van der Waals surface area contributed by atoms with Crippen LogP contribution in [0.25, 0.3) is 0 Å². The van der Waals surface area contributed by atoms with Crippen LogP contribution in [0.3, 0.4) is 0 Å². The molecule has 0 spiro atoms. The Balaban J connectivity index is 1.76. The van der Waals surface area contributed by atoms with E-state index in [1.165, 1.54) is 0 Å². The fourth-order valence-electron chi connectivity index (χ4n) is 2.87. The zero-order valence-electron chi connectivity index (χ0n) is 14.4. The van der Waals surface area contributed by atoms with Crippen LogP contribution in [0.2, 0.25) is 5.02 Å². The molecule has 1 heterocycles. The normalized spacial score (nSPS) is 19.4. The van der Waals surface area contributed by atoms with Crippen molar-refractivity contribution in [3.8, 4) is 0 Å². The standard InChI is InChI=1S/C19H18ClN3O3/c1-12-8-9-14(20)10-15(12)21-16(24)11-23-17(25)19(2,22-18(23)26)13-6-4-3-5-7-13/h3-10H,11H2,1-2H3,(H,21,24)(H,22,26)/t19-/m1/s1. The third kappa shape index (κ3) is 3.28. The van der Waals surface area contributed by atoms with Crippen molar-refractivity contribution < 1.29 is 14.4 Å². The number of carbonyl (C=O) groups excluding carboxylic acids is 3. The topological polar surface area (TPSA) is 78.5 Å². The monoisotopic (exact) mass is 371 g/mol. The molecule has 2 aromatic rings. The SMILES string of the molecule is Cc1ccc(Cl)cc1NC(=O)CN1C(=O)N[C@](C)(c2ccccc2)C1=O. The van der Waals surface area contributed by atoms with Crippen LogP contribution in [0.5, 0.6) is 0 Å². The Morgan fingerprint density at radius 2 is 1.88 bits per heavy atom. The second kappa shape index (κ2) is 6.80. The first-order valence-electron chi connectivity index (χ1n) is 8.07. The maximum Gasteiger partial charge on any atom is 0.325 e. The summed E-state index contributed by atoms with van der Waals surface area (Å²) in [5.74, 6) is -0.942. The highest BCUT2D eigenvalue weighted by molar-refractivity contribution is 6.31. The van der Waals surface area contributed by atoms with Gasteiger partial charge in [0.25, 0.3) is 5.91 Å². The maximum atomic E-state index is 12.8. The molecule has 0 bridgehead atoms. The highest BCUT2D eigenvalue weighted by Gasteiger charge is 2.49. The number of benzene rings is 2. The molecule has 134 valence electrons. The molecular weight excluding hydrogens is 354 g/mol. The number of rotatable bonds is 4. The van der Waals surface area contributed by atoms with E-state index in [-0.39, 0.29) is 6.54 Å². The van der Waals surface area contributed by atoms with Crippen LogP contribution in [0.4, 0.5) is 10.5 Å². The smallest absolute Gasteiger partial charge is 0.324 e. The van der Waals surface area contributed by atoms with Gasteiger partial charge in [0, 0.05) is 10.7 Å². The zero-order valence-corrected chi connectivity index (χ0v) is 15.1. The molecule has 0 unspecified atom stereocenters. The lowest BCUT2D eigenvalue weighted by Crippen LogP contribution is -2.42. The van der Waals surface area contributed by atoms with Gasteiger partial charge in [-0.2, -0.15) is 0 Å². The first-order chi connectivity index (χ1) is 12.3. The molecule has 1 atom stereocenters. The van der Waals surface area contributed by atoms with Crippen molar-refractivity contribution in [2.24, 2.45) is 0 Å². The first-order valence-corrected chi connectivity index (χ1v) is 8.45. The molecule has 2 N–H and O–H groups in total. The molecule has 0 aromatic heterocycles. The summed E-state index contributed by atoms with van der Waals surface area (Å²) in [7, 11) is 0. The van der Waals surface area contributed by atoms with Gasteiger partial charge in [-0.25, -0.2) is 4.79 Å². The summed E-state index contributed by atoms with van der Waals surface area (Å²) in [6.07, 6.45) is 0. The molecule has 0 saturated carbocycles. The van der Waals surface area contributed by atoms with Crippen LogP contribution < -0.4 is 10.6 Å². The quantitative estimate of drug-likeness (QED) is 0.811. The van der Waals surface area contributed by atoms with Gasteiger partial charge in [-0.15, -0.1) is 0 Å². The summed E-state index contributed by atoms with van der Waals surface area (Å²) in [6.45, 7) is 3.08. The Bertz CT molecular complexity index is 885. The lowest BCUT2D eigenvalue weighted by atomic mass is 9.92. The Labute approximate surface area is 156 Å². The Hall–Kier alpha value is -2.86. The molecule has 1 saturated heterocycles. The van der Waals surface area contributed by atoms with E-state index >= 15 is 0 Å². The summed E-state index contributed by atoms with van der Waals surface area (Å²) in [5, 5.41) is 5.85. The fraction of sp³-hybridized carbons (Fsp3) is 0.211. The minimum atomic E-state index is -1.19. The Kier molecular flexibility index (Phi) is 4.70. The van der Waals surface area contributed by atoms with E-state index in [0.717, 1.165) is 10.5 Å². The van der Waals surface area contributed by atoms with Crippen LogP contribution in [-0.2, 0) is 15.1 Å². The molecule has 4 amide bonds. The van der Waals surface area contributed by atoms with Crippen LogP contribution >= 0.6 is 11.6 Å². The molecular formula is C19H18ClN3O3. The van der Waals surface area contributed by atoms with Gasteiger partial charge in [0.05, 0.1) is 0 Å². The maximum absolute atomic E-state index is 12.8. The number of halogens is 1. The van der Waals surface area contributed by atoms with Crippen molar-refractivity contribution >= 4 is 35.1 Å². The average molecular weight is 372 g/mol. The number of imide groups is 1. The van der Waals surface area contributed by atoms with Gasteiger partial charge < -0.3 is 10.6 Å². The van der Waals surface area contributed by atoms with E-state index in [0.29, 0.717) is 16.3 Å². The minimum absolute atomic E-state index is 0.376. The molecule has 1 fully saturated rings. The van der Waals surface area contributed by atoms with Crippen molar-refractivity contribution in [3.63, 3.8) is 0 Å². The Morgan fingerprint density at radius 3 is 2.58 bits per heavy atom. The van der Waals surface area contributed by atoms with Gasteiger partial charge in [-0.3, -0.25) is 14.5 Å². The summed E-state index contributed by atoms with van der Waals surface area (Å²) < 4.78 is 0. The van der Waals surface area contributed by atoms with Gasteiger partial charge >= 0.3 is 6.03 Å². The number of carbonyl (C=O) groups is 3. The number of amides is 4. The van der Waals surface area contributed by atoms with E-state index in [1.807, 2.05) is 13.0 Å². The van der Waals surface area contributed by atoms with Gasteiger partial charge in [-0.05, 0) is 37.1 Å². The molecule has 26 heavy (non-hydrogen) atoms. The van der Waals surface area contributed by atoms with Crippen LogP contribution in [0, 0.1) is 6.92 Å².